The van der Waals surface area contributed by atoms with Gasteiger partial charge in [0.2, 0.25) is 0 Å². The zero-order chi connectivity index (χ0) is 14.8. The van der Waals surface area contributed by atoms with E-state index in [-0.39, 0.29) is 0 Å². The maximum atomic E-state index is 3.89. The molecule has 1 aliphatic carbocycles. The van der Waals surface area contributed by atoms with Crippen molar-refractivity contribution in [2.45, 2.75) is 85.2 Å². The first-order valence-corrected chi connectivity index (χ1v) is 8.83. The van der Waals surface area contributed by atoms with Gasteiger partial charge in [-0.1, -0.05) is 41.0 Å². The van der Waals surface area contributed by atoms with Gasteiger partial charge in [-0.2, -0.15) is 0 Å². The van der Waals surface area contributed by atoms with Gasteiger partial charge in [0.05, 0.1) is 0 Å². The van der Waals surface area contributed by atoms with Gasteiger partial charge >= 0.3 is 0 Å². The smallest absolute Gasteiger partial charge is 0.0274 e. The van der Waals surface area contributed by atoms with Crippen LogP contribution in [0.25, 0.3) is 0 Å². The molecule has 0 bridgehead atoms. The summed E-state index contributed by atoms with van der Waals surface area (Å²) < 4.78 is 0. The summed E-state index contributed by atoms with van der Waals surface area (Å²) in [6, 6.07) is 1.43. The molecule has 1 aliphatic heterocycles. The minimum atomic E-state index is 0.444. The van der Waals surface area contributed by atoms with Crippen molar-refractivity contribution in [1.29, 1.82) is 0 Å². The lowest BCUT2D eigenvalue weighted by molar-refractivity contribution is 0.00582. The van der Waals surface area contributed by atoms with Gasteiger partial charge in [0.15, 0.2) is 0 Å². The van der Waals surface area contributed by atoms with Crippen molar-refractivity contribution in [3.05, 3.63) is 0 Å². The third-order valence-corrected chi connectivity index (χ3v) is 5.56. The molecule has 2 atom stereocenters. The maximum Gasteiger partial charge on any atom is 0.0274 e. The average molecular weight is 280 g/mol. The van der Waals surface area contributed by atoms with Crippen LogP contribution in [0.5, 0.6) is 0 Å². The second-order valence-electron chi connectivity index (χ2n) is 8.62. The van der Waals surface area contributed by atoms with Crippen LogP contribution in [0.3, 0.4) is 0 Å². The van der Waals surface area contributed by atoms with E-state index >= 15 is 0 Å². The Morgan fingerprint density at radius 2 is 1.85 bits per heavy atom. The molecule has 2 rings (SSSR count). The first kappa shape index (κ1) is 16.3. The number of nitrogens with one attached hydrogen (secondary N) is 1. The number of nitrogens with zero attached hydrogens (tertiary/aromatic N) is 1. The van der Waals surface area contributed by atoms with Gasteiger partial charge in [0.1, 0.15) is 0 Å². The summed E-state index contributed by atoms with van der Waals surface area (Å²) in [7, 11) is 0. The van der Waals surface area contributed by atoms with Crippen molar-refractivity contribution < 1.29 is 0 Å². The van der Waals surface area contributed by atoms with E-state index in [0.29, 0.717) is 16.9 Å². The topological polar surface area (TPSA) is 15.3 Å². The van der Waals surface area contributed by atoms with Crippen LogP contribution in [0.2, 0.25) is 0 Å². The zero-order valence-corrected chi connectivity index (χ0v) is 14.5. The van der Waals surface area contributed by atoms with Gasteiger partial charge < -0.3 is 5.32 Å². The van der Waals surface area contributed by atoms with Crippen LogP contribution in [-0.2, 0) is 0 Å². The van der Waals surface area contributed by atoms with Crippen molar-refractivity contribution in [3.8, 4) is 0 Å². The zero-order valence-electron chi connectivity index (χ0n) is 14.5. The number of hydrogen-bond donors (Lipinski definition) is 1. The highest BCUT2D eigenvalue weighted by atomic mass is 15.2. The molecule has 0 radical (unpaired) electrons. The van der Waals surface area contributed by atoms with Gasteiger partial charge in [0.25, 0.3) is 0 Å². The molecule has 2 aliphatic rings. The Bertz CT molecular complexity index is 309. The van der Waals surface area contributed by atoms with Crippen molar-refractivity contribution in [1.82, 2.24) is 10.2 Å². The molecule has 0 spiro atoms. The fourth-order valence-electron chi connectivity index (χ4n) is 4.47. The molecule has 0 aromatic rings. The van der Waals surface area contributed by atoms with Gasteiger partial charge in [0, 0.05) is 18.6 Å². The predicted octanol–water partition coefficient (Wildman–Crippen LogP) is 4.06. The standard InChI is InChI=1S/C18H36N2/c1-6-12-19-16-15(9-7-11-18(16,4)5)20-13-8-10-17(2,3)14-20/h15-16,19H,6-14H2,1-5H3. The molecule has 0 amide bonds. The number of piperidine rings is 1. The molecule has 1 heterocycles. The van der Waals surface area contributed by atoms with Gasteiger partial charge in [-0.15, -0.1) is 0 Å². The molecular weight excluding hydrogens is 244 g/mol. The first-order valence-electron chi connectivity index (χ1n) is 8.83. The summed E-state index contributed by atoms with van der Waals surface area (Å²) in [5.74, 6) is 0. The second kappa shape index (κ2) is 6.36. The van der Waals surface area contributed by atoms with Crippen LogP contribution in [0.15, 0.2) is 0 Å². The summed E-state index contributed by atoms with van der Waals surface area (Å²) in [5.41, 5.74) is 0.953. The van der Waals surface area contributed by atoms with Crippen molar-refractivity contribution in [2.75, 3.05) is 19.6 Å². The Hall–Kier alpha value is -0.0800. The molecular formula is C18H36N2. The Kier molecular flexibility index (Phi) is 5.18. The van der Waals surface area contributed by atoms with Gasteiger partial charge in [-0.3, -0.25) is 4.90 Å². The Morgan fingerprint density at radius 1 is 1.10 bits per heavy atom. The lowest BCUT2D eigenvalue weighted by Crippen LogP contribution is -2.61. The number of rotatable bonds is 4. The molecule has 2 unspecified atom stereocenters. The van der Waals surface area contributed by atoms with E-state index in [1.165, 1.54) is 58.2 Å². The lowest BCUT2D eigenvalue weighted by atomic mass is 9.69. The van der Waals surface area contributed by atoms with Crippen LogP contribution < -0.4 is 5.32 Å². The molecule has 1 N–H and O–H groups in total. The van der Waals surface area contributed by atoms with Crippen molar-refractivity contribution in [3.63, 3.8) is 0 Å². The van der Waals surface area contributed by atoms with E-state index in [0.717, 1.165) is 6.04 Å². The number of likely N-dealkylation sites (tertiary alicyclic amines) is 1. The monoisotopic (exact) mass is 280 g/mol. The highest BCUT2D eigenvalue weighted by Gasteiger charge is 2.42. The Labute approximate surface area is 126 Å². The third kappa shape index (κ3) is 3.76. The molecule has 20 heavy (non-hydrogen) atoms. The molecule has 0 aromatic heterocycles. The summed E-state index contributed by atoms with van der Waals surface area (Å²) in [5, 5.41) is 3.89. The molecule has 2 nitrogen and oxygen atoms in total. The van der Waals surface area contributed by atoms with Crippen LogP contribution in [-0.4, -0.2) is 36.6 Å². The molecule has 2 heteroatoms. The van der Waals surface area contributed by atoms with Crippen molar-refractivity contribution >= 4 is 0 Å². The van der Waals surface area contributed by atoms with E-state index in [9.17, 15) is 0 Å². The maximum absolute atomic E-state index is 3.89. The molecule has 0 aromatic carbocycles. The fourth-order valence-corrected chi connectivity index (χ4v) is 4.47. The van der Waals surface area contributed by atoms with E-state index in [1.807, 2.05) is 0 Å². The minimum Gasteiger partial charge on any atom is -0.312 e. The van der Waals surface area contributed by atoms with E-state index < -0.39 is 0 Å². The quantitative estimate of drug-likeness (QED) is 0.835. The predicted molar refractivity (Wildman–Crippen MR) is 88.1 cm³/mol. The Balaban J connectivity index is 2.09. The molecule has 118 valence electrons. The SMILES string of the molecule is CCCNC1C(N2CCCC(C)(C)C2)CCCC1(C)C. The molecule has 2 fully saturated rings. The van der Waals surface area contributed by atoms with Crippen molar-refractivity contribution in [2.24, 2.45) is 10.8 Å². The van der Waals surface area contributed by atoms with E-state index in [1.54, 1.807) is 0 Å². The van der Waals surface area contributed by atoms with E-state index in [4.69, 9.17) is 0 Å². The fraction of sp³-hybridized carbons (Fsp3) is 1.00. The van der Waals surface area contributed by atoms with Gasteiger partial charge in [-0.25, -0.2) is 0 Å². The highest BCUT2D eigenvalue weighted by Crippen LogP contribution is 2.40. The molecule has 1 saturated heterocycles. The summed E-state index contributed by atoms with van der Waals surface area (Å²) in [6.45, 7) is 15.9. The lowest BCUT2D eigenvalue weighted by Gasteiger charge is -2.52. The Morgan fingerprint density at radius 3 is 2.50 bits per heavy atom. The average Bonchev–Trinajstić information content (AvgIpc) is 2.35. The second-order valence-corrected chi connectivity index (χ2v) is 8.62. The third-order valence-electron chi connectivity index (χ3n) is 5.56. The summed E-state index contributed by atoms with van der Waals surface area (Å²) in [4.78, 5) is 2.82. The first-order chi connectivity index (χ1) is 9.36. The van der Waals surface area contributed by atoms with Crippen LogP contribution in [0, 0.1) is 10.8 Å². The largest absolute Gasteiger partial charge is 0.312 e. The van der Waals surface area contributed by atoms with Crippen LogP contribution >= 0.6 is 0 Å². The van der Waals surface area contributed by atoms with Crippen LogP contribution in [0.1, 0.15) is 73.1 Å². The minimum absolute atomic E-state index is 0.444. The number of hydrogen-bond acceptors (Lipinski definition) is 2. The summed E-state index contributed by atoms with van der Waals surface area (Å²) in [6.07, 6.45) is 8.18. The normalized spacial score (nSPS) is 34.0. The van der Waals surface area contributed by atoms with E-state index in [2.05, 4.69) is 44.8 Å². The van der Waals surface area contributed by atoms with Gasteiger partial charge in [-0.05, 0) is 56.0 Å². The highest BCUT2D eigenvalue weighted by molar-refractivity contribution is 4.99. The molecule has 1 saturated carbocycles. The van der Waals surface area contributed by atoms with Crippen LogP contribution in [0.4, 0.5) is 0 Å². The summed E-state index contributed by atoms with van der Waals surface area (Å²) >= 11 is 0.